The van der Waals surface area contributed by atoms with Gasteiger partial charge in [0.25, 0.3) is 0 Å². The Kier molecular flexibility index (Phi) is 10.7. The van der Waals surface area contributed by atoms with Crippen LogP contribution in [0.1, 0.15) is 57.9 Å². The first-order valence-electron chi connectivity index (χ1n) is 10.5. The number of fused-ring (bicyclic) bond motifs is 1. The summed E-state index contributed by atoms with van der Waals surface area (Å²) < 4.78 is 23.0. The van der Waals surface area contributed by atoms with Crippen LogP contribution in [-0.4, -0.2) is 22.0 Å². The molecule has 2 aromatic carbocycles. The first-order valence-corrected chi connectivity index (χ1v) is 11.8. The minimum atomic E-state index is -0.743. The molecule has 1 heterocycles. The normalized spacial score (nSPS) is 14.1. The van der Waals surface area contributed by atoms with Crippen molar-refractivity contribution in [3.05, 3.63) is 60.2 Å². The molecule has 28 heavy (non-hydrogen) atoms. The lowest BCUT2D eigenvalue weighted by atomic mass is 10.1. The molecule has 0 amide bonds. The van der Waals surface area contributed by atoms with Gasteiger partial charge in [-0.3, -0.25) is 4.21 Å². The molecule has 2 atom stereocenters. The number of benzene rings is 2. The molecule has 0 saturated heterocycles. The quantitative estimate of drug-likeness (QED) is 0.448. The molecule has 0 aliphatic carbocycles. The van der Waals surface area contributed by atoms with Crippen LogP contribution in [0.3, 0.4) is 0 Å². The molecule has 1 aliphatic rings. The lowest BCUT2D eigenvalue weighted by Gasteiger charge is -2.12. The van der Waals surface area contributed by atoms with Gasteiger partial charge in [0.1, 0.15) is 0 Å². The fourth-order valence-corrected chi connectivity index (χ4v) is 4.37. The molecule has 154 valence electrons. The minimum absolute atomic E-state index is 0.191. The van der Waals surface area contributed by atoms with E-state index in [4.69, 9.17) is 9.47 Å². The van der Waals surface area contributed by atoms with Crippen LogP contribution >= 0.6 is 0 Å². The van der Waals surface area contributed by atoms with Crippen molar-refractivity contribution in [2.75, 3.05) is 12.5 Å². The van der Waals surface area contributed by atoms with Gasteiger partial charge in [0.15, 0.2) is 11.5 Å². The van der Waals surface area contributed by atoms with Gasteiger partial charge in [-0.1, -0.05) is 88.4 Å². The van der Waals surface area contributed by atoms with E-state index in [0.717, 1.165) is 30.1 Å². The van der Waals surface area contributed by atoms with E-state index in [9.17, 15) is 4.21 Å². The monoisotopic (exact) mass is 402 g/mol. The van der Waals surface area contributed by atoms with Crippen LogP contribution in [0, 0.1) is 0 Å². The summed E-state index contributed by atoms with van der Waals surface area (Å²) in [6, 6.07) is 18.0. The van der Waals surface area contributed by atoms with Gasteiger partial charge in [-0.15, -0.1) is 0 Å². The van der Waals surface area contributed by atoms with Gasteiger partial charge in [-0.2, -0.15) is 0 Å². The first-order chi connectivity index (χ1) is 13.7. The van der Waals surface area contributed by atoms with E-state index < -0.39 is 10.8 Å². The second-order valence-electron chi connectivity index (χ2n) is 7.21. The van der Waals surface area contributed by atoms with E-state index in [1.54, 1.807) is 0 Å². The average molecular weight is 403 g/mol. The summed E-state index contributed by atoms with van der Waals surface area (Å²) in [7, 11) is -0.743. The van der Waals surface area contributed by atoms with Crippen LogP contribution in [-0.2, 0) is 17.2 Å². The van der Waals surface area contributed by atoms with Crippen molar-refractivity contribution >= 4 is 10.8 Å². The predicted molar refractivity (Wildman–Crippen MR) is 119 cm³/mol. The number of unbranched alkanes of at least 4 members (excludes halogenated alkanes) is 5. The Balaban J connectivity index is 0.000000397. The number of hydrogen-bond donors (Lipinski definition) is 0. The number of rotatable bonds is 10. The first kappa shape index (κ1) is 22.5. The van der Waals surface area contributed by atoms with Gasteiger partial charge in [0.2, 0.25) is 6.79 Å². The van der Waals surface area contributed by atoms with Crippen molar-refractivity contribution < 1.29 is 13.7 Å². The van der Waals surface area contributed by atoms with Gasteiger partial charge >= 0.3 is 0 Å². The Morgan fingerprint density at radius 3 is 2.18 bits per heavy atom. The molecule has 2 aromatic rings. The van der Waals surface area contributed by atoms with Crippen molar-refractivity contribution in [1.82, 2.24) is 0 Å². The van der Waals surface area contributed by atoms with Gasteiger partial charge in [-0.25, -0.2) is 0 Å². The number of ether oxygens (including phenoxy) is 2. The lowest BCUT2D eigenvalue weighted by Crippen LogP contribution is -2.16. The van der Waals surface area contributed by atoms with E-state index in [2.05, 4.69) is 13.8 Å². The number of hydrogen-bond acceptors (Lipinski definition) is 3. The summed E-state index contributed by atoms with van der Waals surface area (Å²) in [6.07, 6.45) is 8.32. The molecule has 0 aromatic heterocycles. The molecule has 0 N–H and O–H groups in total. The summed E-state index contributed by atoms with van der Waals surface area (Å²) in [4.78, 5) is 0. The molecule has 2 unspecified atom stereocenters. The van der Waals surface area contributed by atoms with E-state index in [1.807, 2.05) is 54.6 Å². The smallest absolute Gasteiger partial charge is 0.231 e. The summed E-state index contributed by atoms with van der Waals surface area (Å²) in [5.74, 6) is 2.45. The largest absolute Gasteiger partial charge is 0.454 e. The van der Waals surface area contributed by atoms with Crippen LogP contribution in [0.5, 0.6) is 11.5 Å². The molecule has 4 heteroatoms. The molecular formula is C24H34O3S. The highest BCUT2D eigenvalue weighted by Crippen LogP contribution is 2.33. The van der Waals surface area contributed by atoms with Crippen molar-refractivity contribution in [3.63, 3.8) is 0 Å². The Morgan fingerprint density at radius 1 is 0.893 bits per heavy atom. The van der Waals surface area contributed by atoms with Crippen LogP contribution in [0.25, 0.3) is 0 Å². The van der Waals surface area contributed by atoms with E-state index in [1.165, 1.54) is 37.7 Å². The SMILES string of the molecule is CCCCCCCCS(=O)C(C)Cc1ccc2c(c1)OCO2.c1ccccc1. The summed E-state index contributed by atoms with van der Waals surface area (Å²) in [5.41, 5.74) is 1.17. The maximum Gasteiger partial charge on any atom is 0.231 e. The highest BCUT2D eigenvalue weighted by Gasteiger charge is 2.16. The van der Waals surface area contributed by atoms with E-state index in [-0.39, 0.29) is 5.25 Å². The van der Waals surface area contributed by atoms with Crippen molar-refractivity contribution in [2.45, 2.75) is 64.0 Å². The van der Waals surface area contributed by atoms with Gasteiger partial charge < -0.3 is 9.47 Å². The van der Waals surface area contributed by atoms with Gasteiger partial charge in [-0.05, 0) is 30.5 Å². The van der Waals surface area contributed by atoms with Crippen molar-refractivity contribution in [1.29, 1.82) is 0 Å². The van der Waals surface area contributed by atoms with Gasteiger partial charge in [0, 0.05) is 21.8 Å². The molecule has 3 rings (SSSR count). The molecule has 0 radical (unpaired) electrons. The van der Waals surface area contributed by atoms with E-state index >= 15 is 0 Å². The standard InChI is InChI=1S/C18H28O3S.C6H6/c1-3-4-5-6-7-8-11-22(19)15(2)12-16-9-10-17-18(13-16)21-14-20-17;1-2-4-6-5-3-1/h9-10,13,15H,3-8,11-12,14H2,1-2H3;1-6H. The molecular weight excluding hydrogens is 368 g/mol. The fourth-order valence-electron chi connectivity index (χ4n) is 3.10. The summed E-state index contributed by atoms with van der Waals surface area (Å²) in [5, 5.41) is 0.191. The van der Waals surface area contributed by atoms with Crippen LogP contribution in [0.4, 0.5) is 0 Å². The van der Waals surface area contributed by atoms with Crippen LogP contribution in [0.15, 0.2) is 54.6 Å². The lowest BCUT2D eigenvalue weighted by molar-refractivity contribution is 0.174. The Morgan fingerprint density at radius 2 is 1.50 bits per heavy atom. The molecule has 3 nitrogen and oxygen atoms in total. The zero-order valence-corrected chi connectivity index (χ0v) is 18.1. The molecule has 0 saturated carbocycles. The minimum Gasteiger partial charge on any atom is -0.454 e. The summed E-state index contributed by atoms with van der Waals surface area (Å²) in [6.45, 7) is 4.61. The molecule has 1 aliphatic heterocycles. The van der Waals surface area contributed by atoms with Crippen LogP contribution in [0.2, 0.25) is 0 Å². The predicted octanol–water partition coefficient (Wildman–Crippen LogP) is 6.14. The van der Waals surface area contributed by atoms with E-state index in [0.29, 0.717) is 6.79 Å². The Hall–Kier alpha value is -1.81. The molecule has 0 fully saturated rings. The van der Waals surface area contributed by atoms with Crippen molar-refractivity contribution in [3.8, 4) is 11.5 Å². The zero-order valence-electron chi connectivity index (χ0n) is 17.3. The van der Waals surface area contributed by atoms with Crippen molar-refractivity contribution in [2.24, 2.45) is 0 Å². The topological polar surface area (TPSA) is 35.5 Å². The fraction of sp³-hybridized carbons (Fsp3) is 0.500. The maximum absolute atomic E-state index is 12.3. The highest BCUT2D eigenvalue weighted by molar-refractivity contribution is 7.85. The average Bonchev–Trinajstić information content (AvgIpc) is 3.20. The maximum atomic E-state index is 12.3. The third kappa shape index (κ3) is 8.47. The Bertz CT molecular complexity index is 661. The Labute approximate surface area is 172 Å². The van der Waals surface area contributed by atoms with Crippen LogP contribution < -0.4 is 9.47 Å². The van der Waals surface area contributed by atoms with Gasteiger partial charge in [0.05, 0.1) is 0 Å². The molecule has 0 spiro atoms. The second kappa shape index (κ2) is 13.4. The molecule has 0 bridgehead atoms. The third-order valence-electron chi connectivity index (χ3n) is 4.77. The second-order valence-corrected chi connectivity index (χ2v) is 9.18. The summed E-state index contributed by atoms with van der Waals surface area (Å²) >= 11 is 0. The zero-order chi connectivity index (χ0) is 20.0. The highest BCUT2D eigenvalue weighted by atomic mass is 32.2. The third-order valence-corrected chi connectivity index (χ3v) is 6.53.